The number of nitrogens with two attached hydrogens (primary N) is 2. The summed E-state index contributed by atoms with van der Waals surface area (Å²) in [5.74, 6) is -1.96. The monoisotopic (exact) mass is 844 g/mol. The summed E-state index contributed by atoms with van der Waals surface area (Å²) in [5.41, 5.74) is 15.0. The highest BCUT2D eigenvalue weighted by Gasteiger charge is 2.68. The van der Waals surface area contributed by atoms with E-state index in [0.717, 1.165) is 43.2 Å². The third-order valence-corrected chi connectivity index (χ3v) is 13.3. The van der Waals surface area contributed by atoms with E-state index in [4.69, 9.17) is 20.8 Å². The molecule has 5 amide bonds. The van der Waals surface area contributed by atoms with Crippen molar-refractivity contribution in [3.63, 3.8) is 0 Å². The maximum atomic E-state index is 13.8. The fourth-order valence-electron chi connectivity index (χ4n) is 9.28. The molecule has 334 valence electrons. The van der Waals surface area contributed by atoms with Gasteiger partial charge in [0.1, 0.15) is 18.1 Å². The third kappa shape index (κ3) is 12.0. The van der Waals surface area contributed by atoms with Crippen LogP contribution in [0.2, 0.25) is 0 Å². The Hall–Kier alpha value is -4.31. The summed E-state index contributed by atoms with van der Waals surface area (Å²) in [5, 5.41) is 13.9. The minimum atomic E-state index is -1.02. The molecule has 0 aromatic heterocycles. The second kappa shape index (κ2) is 21.7. The Bertz CT molecular complexity index is 1810. The molecule has 1 saturated heterocycles. The van der Waals surface area contributed by atoms with Crippen molar-refractivity contribution in [2.24, 2.45) is 28.7 Å². The van der Waals surface area contributed by atoms with Crippen molar-refractivity contribution in [2.75, 3.05) is 19.6 Å². The first kappa shape index (κ1) is 47.7. The lowest BCUT2D eigenvalue weighted by atomic mass is 9.43. The summed E-state index contributed by atoms with van der Waals surface area (Å²) in [4.78, 5) is 66.9. The van der Waals surface area contributed by atoms with Crippen LogP contribution in [0, 0.1) is 17.3 Å². The van der Waals surface area contributed by atoms with E-state index in [0.29, 0.717) is 62.6 Å². The van der Waals surface area contributed by atoms with Crippen molar-refractivity contribution >= 4 is 36.7 Å². The van der Waals surface area contributed by atoms with Crippen molar-refractivity contribution in [3.8, 4) is 11.1 Å². The van der Waals surface area contributed by atoms with Crippen LogP contribution >= 0.6 is 0 Å². The minimum Gasteiger partial charge on any atom is -0.404 e. The van der Waals surface area contributed by atoms with Gasteiger partial charge in [0.15, 0.2) is 0 Å². The van der Waals surface area contributed by atoms with Crippen molar-refractivity contribution in [2.45, 2.75) is 148 Å². The molecule has 61 heavy (non-hydrogen) atoms. The molecule has 3 aliphatic carbocycles. The Labute approximate surface area is 362 Å². The molecule has 4 fully saturated rings. The predicted octanol–water partition coefficient (Wildman–Crippen LogP) is 3.93. The molecule has 2 aromatic carbocycles. The number of benzene rings is 2. The molecule has 3 saturated carbocycles. The second-order valence-corrected chi connectivity index (χ2v) is 18.2. The lowest BCUT2D eigenvalue weighted by Crippen LogP contribution is -2.65. The number of unbranched alkanes of at least 4 members (excludes halogenated alkanes) is 3. The molecule has 2 aromatic rings. The number of hydrogen-bond donors (Lipinski definition) is 7. The van der Waals surface area contributed by atoms with E-state index in [1.165, 1.54) is 12.5 Å². The maximum absolute atomic E-state index is 13.8. The van der Waals surface area contributed by atoms with Crippen molar-refractivity contribution in [3.05, 3.63) is 59.7 Å². The molecule has 4 aliphatic rings. The first-order valence-electron chi connectivity index (χ1n) is 22.5. The van der Waals surface area contributed by atoms with E-state index in [9.17, 15) is 24.0 Å². The lowest BCUT2D eigenvalue weighted by molar-refractivity contribution is -0.199. The molecule has 9 N–H and O–H groups in total. The van der Waals surface area contributed by atoms with E-state index in [1.54, 1.807) is 12.1 Å². The van der Waals surface area contributed by atoms with Crippen molar-refractivity contribution in [1.82, 2.24) is 26.6 Å². The topological polar surface area (TPSA) is 216 Å². The van der Waals surface area contributed by atoms with Crippen LogP contribution in [0.15, 0.2) is 48.5 Å². The van der Waals surface area contributed by atoms with Gasteiger partial charge >= 0.3 is 7.12 Å². The number of carbonyl (C=O) groups is 5. The van der Waals surface area contributed by atoms with Gasteiger partial charge in [0.25, 0.3) is 5.91 Å². The number of amides is 5. The molecule has 6 rings (SSSR count). The van der Waals surface area contributed by atoms with Gasteiger partial charge in [-0.2, -0.15) is 0 Å². The highest BCUT2D eigenvalue weighted by Crippen LogP contribution is 2.65. The summed E-state index contributed by atoms with van der Waals surface area (Å²) >= 11 is 0. The first-order valence-corrected chi connectivity index (χ1v) is 22.5. The van der Waals surface area contributed by atoms with Crippen LogP contribution in [-0.2, 0) is 34.9 Å². The summed E-state index contributed by atoms with van der Waals surface area (Å²) in [6.45, 7) is 12.7. The highest BCUT2D eigenvalue weighted by atomic mass is 16.7. The fraction of sp³-hybridized carbons (Fsp3) is 0.630. The highest BCUT2D eigenvalue weighted by molar-refractivity contribution is 6.47. The Morgan fingerprint density at radius 3 is 1.93 bits per heavy atom. The molecule has 15 heteroatoms. The SMILES string of the molecule is CCCCc1ccc(-c2ccc(C(=O)N[C@@H](CCCCN)C(=O)N[C@@H](CCCCN)C(=O)N[C@@H](C)C(=O)NCC(=O)N[C@@H](C)B3OC4C[C@@H]5C[C@@H](C5(C)C)[C@]4(C)O3)cc2)cc1. The maximum Gasteiger partial charge on any atom is 0.481 e. The van der Waals surface area contributed by atoms with Gasteiger partial charge in [-0.05, 0) is 144 Å². The first-order chi connectivity index (χ1) is 29.1. The molecule has 0 spiro atoms. The number of aryl methyl sites for hydroxylation is 1. The molecule has 1 heterocycles. The molecule has 2 bridgehead atoms. The number of carbonyl (C=O) groups excluding carboxylic acids is 5. The Kier molecular flexibility index (Phi) is 17.0. The van der Waals surface area contributed by atoms with E-state index < -0.39 is 66.3 Å². The average Bonchev–Trinajstić information content (AvgIpc) is 3.62. The number of hydrogen-bond acceptors (Lipinski definition) is 9. The van der Waals surface area contributed by atoms with Crippen LogP contribution in [0.1, 0.15) is 122 Å². The normalized spacial score (nSPS) is 23.0. The summed E-state index contributed by atoms with van der Waals surface area (Å²) in [6.07, 6.45) is 8.33. The quantitative estimate of drug-likeness (QED) is 0.0637. The Morgan fingerprint density at radius 2 is 1.34 bits per heavy atom. The van der Waals surface area contributed by atoms with Crippen LogP contribution in [0.5, 0.6) is 0 Å². The smallest absolute Gasteiger partial charge is 0.404 e. The van der Waals surface area contributed by atoms with Gasteiger partial charge in [-0.15, -0.1) is 0 Å². The predicted molar refractivity (Wildman–Crippen MR) is 238 cm³/mol. The molecule has 1 aliphatic heterocycles. The van der Waals surface area contributed by atoms with Crippen LogP contribution in [-0.4, -0.2) is 92.1 Å². The van der Waals surface area contributed by atoms with Gasteiger partial charge in [0.2, 0.25) is 23.6 Å². The van der Waals surface area contributed by atoms with Crippen LogP contribution < -0.4 is 38.1 Å². The molecule has 0 radical (unpaired) electrons. The standard InChI is InChI=1S/C46H70BN7O7/c1-7-8-13-31-16-18-32(19-17-31)33-20-22-34(23-21-33)42(57)53-37(15-10-12-25-49)44(59)54-36(14-9-11-24-48)43(58)51-29(2)41(56)50-28-40(55)52-30(3)47-60-39-27-35-26-38(45(35,4)5)46(39,6)61-47/h16-23,29-30,35-39H,7-15,24-28,48-49H2,1-6H3,(H,50,56)(H,51,58)(H,52,55)(H,53,57)(H,54,59)/t29-,30-,35-,36-,37-,38-,39?,46-/m0/s1. The summed E-state index contributed by atoms with van der Waals surface area (Å²) in [7, 11) is -0.599. The molecular weight excluding hydrogens is 773 g/mol. The fourth-order valence-corrected chi connectivity index (χ4v) is 9.28. The van der Waals surface area contributed by atoms with Gasteiger partial charge in [0.05, 0.1) is 24.2 Å². The zero-order valence-corrected chi connectivity index (χ0v) is 37.1. The molecule has 14 nitrogen and oxygen atoms in total. The minimum absolute atomic E-state index is 0.0185. The van der Waals surface area contributed by atoms with Crippen LogP contribution in [0.4, 0.5) is 0 Å². The van der Waals surface area contributed by atoms with Crippen molar-refractivity contribution < 1.29 is 33.3 Å². The number of rotatable bonds is 23. The average molecular weight is 844 g/mol. The summed E-state index contributed by atoms with van der Waals surface area (Å²) < 4.78 is 12.8. The largest absolute Gasteiger partial charge is 0.481 e. The van der Waals surface area contributed by atoms with Crippen LogP contribution in [0.25, 0.3) is 11.1 Å². The zero-order chi connectivity index (χ0) is 44.3. The van der Waals surface area contributed by atoms with Crippen LogP contribution in [0.3, 0.4) is 0 Å². The van der Waals surface area contributed by atoms with E-state index >= 15 is 0 Å². The molecular formula is C46H70BN7O7. The van der Waals surface area contributed by atoms with Gasteiger partial charge < -0.3 is 47.4 Å². The molecule has 1 unspecified atom stereocenters. The zero-order valence-electron chi connectivity index (χ0n) is 37.1. The van der Waals surface area contributed by atoms with Gasteiger partial charge in [0, 0.05) is 5.56 Å². The van der Waals surface area contributed by atoms with Gasteiger partial charge in [-0.25, -0.2) is 0 Å². The van der Waals surface area contributed by atoms with Crippen molar-refractivity contribution in [1.29, 1.82) is 0 Å². The lowest BCUT2D eigenvalue weighted by Gasteiger charge is -2.64. The van der Waals surface area contributed by atoms with E-state index in [-0.39, 0.29) is 24.5 Å². The third-order valence-electron chi connectivity index (χ3n) is 13.3. The van der Waals surface area contributed by atoms with Gasteiger partial charge in [-0.3, -0.25) is 24.0 Å². The van der Waals surface area contributed by atoms with E-state index in [2.05, 4.69) is 78.5 Å². The Morgan fingerprint density at radius 1 is 0.754 bits per heavy atom. The number of nitrogens with one attached hydrogen (secondary N) is 5. The van der Waals surface area contributed by atoms with E-state index in [1.807, 2.05) is 19.1 Å². The second-order valence-electron chi connectivity index (χ2n) is 18.2. The summed E-state index contributed by atoms with van der Waals surface area (Å²) in [6, 6.07) is 12.7. The van der Waals surface area contributed by atoms with Gasteiger partial charge in [-0.1, -0.05) is 63.6 Å². The molecule has 8 atom stereocenters. The Balaban J connectivity index is 1.12.